The summed E-state index contributed by atoms with van der Waals surface area (Å²) in [4.78, 5) is 4.96. The Kier molecular flexibility index (Phi) is 4.73. The molecule has 1 atom stereocenters. The molecule has 4 heterocycles. The van der Waals surface area contributed by atoms with Crippen molar-refractivity contribution in [3.63, 3.8) is 0 Å². The first kappa shape index (κ1) is 20.2. The zero-order valence-corrected chi connectivity index (χ0v) is 19.3. The van der Waals surface area contributed by atoms with E-state index in [1.54, 1.807) is 0 Å². The van der Waals surface area contributed by atoms with Crippen LogP contribution in [-0.4, -0.2) is 24.5 Å². The summed E-state index contributed by atoms with van der Waals surface area (Å²) in [6, 6.07) is 12.9. The fourth-order valence-electron chi connectivity index (χ4n) is 4.72. The van der Waals surface area contributed by atoms with Crippen LogP contribution in [0, 0.1) is 27.7 Å². The number of aromatic nitrogens is 5. The molecule has 0 radical (unpaired) electrons. The van der Waals surface area contributed by atoms with Gasteiger partial charge in [-0.15, -0.1) is 0 Å². The van der Waals surface area contributed by atoms with Crippen molar-refractivity contribution in [2.24, 2.45) is 7.05 Å². The molecule has 0 aliphatic carbocycles. The number of benzene rings is 1. The Balaban J connectivity index is 1.79. The molecule has 162 valence electrons. The molecule has 0 amide bonds. The Morgan fingerprint density at radius 3 is 2.34 bits per heavy atom. The van der Waals surface area contributed by atoms with E-state index in [1.807, 2.05) is 31.8 Å². The van der Waals surface area contributed by atoms with E-state index in [1.165, 1.54) is 5.56 Å². The maximum Gasteiger partial charge on any atom is 0.141 e. The fraction of sp³-hybridized carbons (Fsp3) is 0.269. The van der Waals surface area contributed by atoms with Gasteiger partial charge in [-0.2, -0.15) is 5.10 Å². The van der Waals surface area contributed by atoms with Crippen molar-refractivity contribution in [2.45, 2.75) is 40.7 Å². The van der Waals surface area contributed by atoms with Crippen molar-refractivity contribution in [2.75, 3.05) is 0 Å². The summed E-state index contributed by atoms with van der Waals surface area (Å²) in [7, 11) is 1.99. The smallest absolute Gasteiger partial charge is 0.141 e. The quantitative estimate of drug-likeness (QED) is 0.358. The highest BCUT2D eigenvalue weighted by Gasteiger charge is 2.22. The van der Waals surface area contributed by atoms with E-state index in [9.17, 15) is 0 Å². The summed E-state index contributed by atoms with van der Waals surface area (Å²) in [6.07, 6.45) is 4.15. The molecule has 0 saturated heterocycles. The van der Waals surface area contributed by atoms with E-state index in [-0.39, 0.29) is 6.04 Å². The highest BCUT2D eigenvalue weighted by molar-refractivity contribution is 5.96. The predicted molar refractivity (Wildman–Crippen MR) is 127 cm³/mol. The second kappa shape index (κ2) is 7.48. The Bertz CT molecular complexity index is 1420. The van der Waals surface area contributed by atoms with E-state index in [4.69, 9.17) is 9.51 Å². The van der Waals surface area contributed by atoms with Crippen LogP contribution < -0.4 is 0 Å². The largest absolute Gasteiger partial charge is 0.361 e. The normalized spacial score (nSPS) is 12.6. The molecular formula is C26H27N5O. The van der Waals surface area contributed by atoms with E-state index in [0.717, 1.165) is 56.1 Å². The summed E-state index contributed by atoms with van der Waals surface area (Å²) >= 11 is 0. The minimum Gasteiger partial charge on any atom is -0.361 e. The van der Waals surface area contributed by atoms with Gasteiger partial charge in [0.05, 0.1) is 28.5 Å². The molecule has 4 aromatic heterocycles. The van der Waals surface area contributed by atoms with Crippen LogP contribution in [0.25, 0.3) is 33.3 Å². The Hall–Kier alpha value is -3.67. The lowest BCUT2D eigenvalue weighted by atomic mass is 10.0. The molecule has 0 fully saturated rings. The molecule has 1 unspecified atom stereocenters. The zero-order valence-electron chi connectivity index (χ0n) is 19.3. The highest BCUT2D eigenvalue weighted by atomic mass is 16.5. The number of aryl methyl sites for hydroxylation is 4. The standard InChI is InChI=1S/C26H27N5O/c1-15-24(18(4)30(6)28-15)22-14-31(17(3)20-10-8-7-9-11-20)23-12-21(13-27-26(22)23)25-16(2)29-32-19(25)5/h7-14,17H,1-6H3. The van der Waals surface area contributed by atoms with Gasteiger partial charge < -0.3 is 9.09 Å². The Labute approximate surface area is 187 Å². The van der Waals surface area contributed by atoms with Gasteiger partial charge in [-0.1, -0.05) is 35.5 Å². The third kappa shape index (κ3) is 3.06. The summed E-state index contributed by atoms with van der Waals surface area (Å²) in [5.74, 6) is 0.803. The van der Waals surface area contributed by atoms with E-state index >= 15 is 0 Å². The monoisotopic (exact) mass is 425 g/mol. The molecule has 6 heteroatoms. The second-order valence-corrected chi connectivity index (χ2v) is 8.50. The molecule has 6 nitrogen and oxygen atoms in total. The predicted octanol–water partition coefficient (Wildman–Crippen LogP) is 5.93. The second-order valence-electron chi connectivity index (χ2n) is 8.50. The van der Waals surface area contributed by atoms with Crippen molar-refractivity contribution in [1.29, 1.82) is 0 Å². The summed E-state index contributed by atoms with van der Waals surface area (Å²) in [6.45, 7) is 10.3. The van der Waals surface area contributed by atoms with Crippen LogP contribution in [0.1, 0.15) is 41.4 Å². The fourth-order valence-corrected chi connectivity index (χ4v) is 4.72. The average molecular weight is 426 g/mol. The number of pyridine rings is 1. The van der Waals surface area contributed by atoms with Gasteiger partial charge >= 0.3 is 0 Å². The van der Waals surface area contributed by atoms with Gasteiger partial charge in [0.15, 0.2) is 0 Å². The first-order valence-corrected chi connectivity index (χ1v) is 10.9. The Morgan fingerprint density at radius 2 is 1.72 bits per heavy atom. The van der Waals surface area contributed by atoms with E-state index in [2.05, 4.69) is 78.2 Å². The molecule has 0 aliphatic heterocycles. The lowest BCUT2D eigenvalue weighted by molar-refractivity contribution is 0.393. The van der Waals surface area contributed by atoms with E-state index in [0.29, 0.717) is 0 Å². The van der Waals surface area contributed by atoms with Crippen LogP contribution in [0.3, 0.4) is 0 Å². The van der Waals surface area contributed by atoms with Crippen LogP contribution in [-0.2, 0) is 7.05 Å². The van der Waals surface area contributed by atoms with Crippen molar-refractivity contribution >= 4 is 11.0 Å². The van der Waals surface area contributed by atoms with Gasteiger partial charge in [0.1, 0.15) is 5.76 Å². The summed E-state index contributed by atoms with van der Waals surface area (Å²) < 4.78 is 9.68. The molecule has 0 spiro atoms. The number of rotatable bonds is 4. The molecule has 5 aromatic rings. The zero-order chi connectivity index (χ0) is 22.6. The van der Waals surface area contributed by atoms with Crippen molar-refractivity contribution in [3.8, 4) is 22.3 Å². The lowest BCUT2D eigenvalue weighted by Gasteiger charge is -2.16. The summed E-state index contributed by atoms with van der Waals surface area (Å²) in [5.41, 5.74) is 10.6. The van der Waals surface area contributed by atoms with Gasteiger partial charge in [0.2, 0.25) is 0 Å². The van der Waals surface area contributed by atoms with Gasteiger partial charge in [0, 0.05) is 47.4 Å². The minimum atomic E-state index is 0.145. The van der Waals surface area contributed by atoms with Crippen molar-refractivity contribution in [3.05, 3.63) is 77.2 Å². The van der Waals surface area contributed by atoms with Crippen molar-refractivity contribution < 1.29 is 4.52 Å². The third-order valence-electron chi connectivity index (χ3n) is 6.47. The molecule has 1 aromatic carbocycles. The van der Waals surface area contributed by atoms with Crippen molar-refractivity contribution in [1.82, 2.24) is 24.5 Å². The van der Waals surface area contributed by atoms with Gasteiger partial charge in [-0.3, -0.25) is 9.67 Å². The number of fused-ring (bicyclic) bond motifs is 1. The highest BCUT2D eigenvalue weighted by Crippen LogP contribution is 2.38. The molecule has 0 N–H and O–H groups in total. The maximum atomic E-state index is 5.42. The van der Waals surface area contributed by atoms with Crippen LogP contribution in [0.5, 0.6) is 0 Å². The molecule has 0 aliphatic rings. The number of hydrogen-bond donors (Lipinski definition) is 0. The van der Waals surface area contributed by atoms with Gasteiger partial charge in [0.25, 0.3) is 0 Å². The SMILES string of the molecule is Cc1noc(C)c1-c1cnc2c(-c3c(C)nn(C)c3C)cn(C(C)c3ccccc3)c2c1. The number of hydrogen-bond acceptors (Lipinski definition) is 4. The van der Waals surface area contributed by atoms with Crippen LogP contribution >= 0.6 is 0 Å². The van der Waals surface area contributed by atoms with Crippen LogP contribution in [0.15, 0.2) is 53.3 Å². The van der Waals surface area contributed by atoms with E-state index < -0.39 is 0 Å². The molecule has 0 saturated carbocycles. The van der Waals surface area contributed by atoms with Gasteiger partial charge in [-0.25, -0.2) is 0 Å². The topological polar surface area (TPSA) is 61.7 Å². The lowest BCUT2D eigenvalue weighted by Crippen LogP contribution is -2.05. The molecule has 5 rings (SSSR count). The summed E-state index contributed by atoms with van der Waals surface area (Å²) in [5, 5.41) is 8.78. The first-order chi connectivity index (χ1) is 15.4. The van der Waals surface area contributed by atoms with Crippen LogP contribution in [0.4, 0.5) is 0 Å². The Morgan fingerprint density at radius 1 is 0.969 bits per heavy atom. The maximum absolute atomic E-state index is 5.42. The average Bonchev–Trinajstić information content (AvgIpc) is 3.40. The third-order valence-corrected chi connectivity index (χ3v) is 6.47. The molecule has 0 bridgehead atoms. The minimum absolute atomic E-state index is 0.145. The van der Waals surface area contributed by atoms with Crippen LogP contribution in [0.2, 0.25) is 0 Å². The van der Waals surface area contributed by atoms with Gasteiger partial charge in [-0.05, 0) is 46.2 Å². The molecular weight excluding hydrogens is 398 g/mol. The first-order valence-electron chi connectivity index (χ1n) is 10.9. The number of nitrogens with zero attached hydrogens (tertiary/aromatic N) is 5. The molecule has 32 heavy (non-hydrogen) atoms.